The number of nitrogens with one attached hydrogen (secondary N) is 1. The van der Waals surface area contributed by atoms with E-state index >= 15 is 0 Å². The topological polar surface area (TPSA) is 15.3 Å². The molecule has 0 spiro atoms. The molecule has 0 aromatic rings. The van der Waals surface area contributed by atoms with Gasteiger partial charge in [0.1, 0.15) is 0 Å². The Balaban J connectivity index is 2.03. The van der Waals surface area contributed by atoms with Crippen LogP contribution in [0.1, 0.15) is 53.9 Å². The van der Waals surface area contributed by atoms with E-state index in [1.165, 1.54) is 38.9 Å². The highest BCUT2D eigenvalue weighted by molar-refractivity contribution is 4.92. The fraction of sp³-hybridized carbons (Fsp3) is 1.00. The Labute approximate surface area is 114 Å². The first-order chi connectivity index (χ1) is 8.39. The van der Waals surface area contributed by atoms with Gasteiger partial charge in [0, 0.05) is 18.6 Å². The third-order valence-electron chi connectivity index (χ3n) is 5.37. The van der Waals surface area contributed by atoms with E-state index in [9.17, 15) is 0 Å². The fourth-order valence-electron chi connectivity index (χ4n) is 3.68. The first-order valence-electron chi connectivity index (χ1n) is 7.87. The van der Waals surface area contributed by atoms with E-state index in [2.05, 4.69) is 44.8 Å². The van der Waals surface area contributed by atoms with Gasteiger partial charge in [-0.25, -0.2) is 0 Å². The minimum atomic E-state index is 0.371. The van der Waals surface area contributed by atoms with Crippen molar-refractivity contribution in [3.63, 3.8) is 0 Å². The standard InChI is InChI=1S/C16H32N2/c1-12-7-8-14(13(12)2)18-10-6-9-17-15(11-18)16(3,4)5/h12-15,17H,6-11H2,1-5H3. The summed E-state index contributed by atoms with van der Waals surface area (Å²) in [7, 11) is 0. The molecule has 0 aromatic heterocycles. The van der Waals surface area contributed by atoms with Gasteiger partial charge in [-0.15, -0.1) is 0 Å². The molecular weight excluding hydrogens is 220 g/mol. The summed E-state index contributed by atoms with van der Waals surface area (Å²) in [5.41, 5.74) is 0.371. The lowest BCUT2D eigenvalue weighted by Crippen LogP contribution is -2.49. The molecule has 2 rings (SSSR count). The second-order valence-corrected chi connectivity index (χ2v) is 7.70. The highest BCUT2D eigenvalue weighted by Crippen LogP contribution is 2.36. The van der Waals surface area contributed by atoms with Gasteiger partial charge in [0.05, 0.1) is 0 Å². The summed E-state index contributed by atoms with van der Waals surface area (Å²) in [4.78, 5) is 2.80. The van der Waals surface area contributed by atoms with Crippen molar-refractivity contribution in [3.8, 4) is 0 Å². The average molecular weight is 252 g/mol. The maximum atomic E-state index is 3.76. The van der Waals surface area contributed by atoms with Crippen LogP contribution in [0.3, 0.4) is 0 Å². The van der Waals surface area contributed by atoms with Crippen molar-refractivity contribution in [1.82, 2.24) is 10.2 Å². The lowest BCUT2D eigenvalue weighted by atomic mass is 9.86. The van der Waals surface area contributed by atoms with Gasteiger partial charge in [-0.3, -0.25) is 4.90 Å². The van der Waals surface area contributed by atoms with Crippen molar-refractivity contribution >= 4 is 0 Å². The van der Waals surface area contributed by atoms with E-state index in [1.54, 1.807) is 0 Å². The Bertz CT molecular complexity index is 269. The maximum absolute atomic E-state index is 3.76. The van der Waals surface area contributed by atoms with Gasteiger partial charge >= 0.3 is 0 Å². The lowest BCUT2D eigenvalue weighted by molar-refractivity contribution is 0.127. The van der Waals surface area contributed by atoms with E-state index in [0.29, 0.717) is 11.5 Å². The largest absolute Gasteiger partial charge is 0.312 e. The number of hydrogen-bond acceptors (Lipinski definition) is 2. The van der Waals surface area contributed by atoms with Crippen LogP contribution in [0.25, 0.3) is 0 Å². The Morgan fingerprint density at radius 3 is 2.39 bits per heavy atom. The molecule has 4 atom stereocenters. The summed E-state index contributed by atoms with van der Waals surface area (Å²) in [5.74, 6) is 1.79. The first kappa shape index (κ1) is 14.3. The zero-order chi connectivity index (χ0) is 13.3. The molecule has 1 aliphatic carbocycles. The molecule has 2 aliphatic rings. The molecule has 1 saturated carbocycles. The Kier molecular flexibility index (Phi) is 4.38. The molecule has 0 amide bonds. The molecule has 2 fully saturated rings. The van der Waals surface area contributed by atoms with Gasteiger partial charge in [-0.1, -0.05) is 34.6 Å². The van der Waals surface area contributed by atoms with Gasteiger partial charge in [-0.2, -0.15) is 0 Å². The van der Waals surface area contributed by atoms with Crippen LogP contribution < -0.4 is 5.32 Å². The Morgan fingerprint density at radius 1 is 1.11 bits per heavy atom. The zero-order valence-corrected chi connectivity index (χ0v) is 13.0. The lowest BCUT2D eigenvalue weighted by Gasteiger charge is -2.37. The highest BCUT2D eigenvalue weighted by atomic mass is 15.2. The van der Waals surface area contributed by atoms with Crippen LogP contribution in [0, 0.1) is 17.3 Å². The van der Waals surface area contributed by atoms with Gasteiger partial charge in [0.25, 0.3) is 0 Å². The molecule has 18 heavy (non-hydrogen) atoms. The summed E-state index contributed by atoms with van der Waals surface area (Å²) in [5, 5.41) is 3.76. The summed E-state index contributed by atoms with van der Waals surface area (Å²) >= 11 is 0. The molecule has 0 aromatic carbocycles. The smallest absolute Gasteiger partial charge is 0.0243 e. The van der Waals surface area contributed by atoms with Crippen LogP contribution in [0.5, 0.6) is 0 Å². The molecular formula is C16H32N2. The first-order valence-corrected chi connectivity index (χ1v) is 7.87. The van der Waals surface area contributed by atoms with Crippen molar-refractivity contribution in [2.24, 2.45) is 17.3 Å². The van der Waals surface area contributed by atoms with Crippen molar-refractivity contribution in [2.45, 2.75) is 66.0 Å². The Hall–Kier alpha value is -0.0800. The molecule has 1 heterocycles. The maximum Gasteiger partial charge on any atom is 0.0243 e. The molecule has 1 saturated heterocycles. The van der Waals surface area contributed by atoms with E-state index in [4.69, 9.17) is 0 Å². The molecule has 0 bridgehead atoms. The van der Waals surface area contributed by atoms with Crippen LogP contribution in [-0.2, 0) is 0 Å². The van der Waals surface area contributed by atoms with Crippen LogP contribution in [0.15, 0.2) is 0 Å². The van der Waals surface area contributed by atoms with E-state index in [0.717, 1.165) is 17.9 Å². The van der Waals surface area contributed by atoms with E-state index in [-0.39, 0.29) is 0 Å². The molecule has 1 aliphatic heterocycles. The van der Waals surface area contributed by atoms with Crippen molar-refractivity contribution in [3.05, 3.63) is 0 Å². The number of rotatable bonds is 1. The molecule has 4 unspecified atom stereocenters. The predicted molar refractivity (Wildman–Crippen MR) is 78.8 cm³/mol. The second kappa shape index (κ2) is 5.50. The quantitative estimate of drug-likeness (QED) is 0.771. The van der Waals surface area contributed by atoms with Crippen LogP contribution in [0.4, 0.5) is 0 Å². The van der Waals surface area contributed by atoms with Crippen LogP contribution >= 0.6 is 0 Å². The summed E-state index contributed by atoms with van der Waals surface area (Å²) in [6, 6.07) is 1.48. The summed E-state index contributed by atoms with van der Waals surface area (Å²) in [6.45, 7) is 15.7. The molecule has 0 radical (unpaired) electrons. The van der Waals surface area contributed by atoms with Gasteiger partial charge in [0.15, 0.2) is 0 Å². The van der Waals surface area contributed by atoms with Crippen LogP contribution in [-0.4, -0.2) is 36.6 Å². The fourth-order valence-corrected chi connectivity index (χ4v) is 3.68. The van der Waals surface area contributed by atoms with Crippen molar-refractivity contribution in [1.29, 1.82) is 0 Å². The van der Waals surface area contributed by atoms with Crippen molar-refractivity contribution in [2.75, 3.05) is 19.6 Å². The van der Waals surface area contributed by atoms with Crippen molar-refractivity contribution < 1.29 is 0 Å². The third kappa shape index (κ3) is 3.08. The third-order valence-corrected chi connectivity index (χ3v) is 5.37. The molecule has 1 N–H and O–H groups in total. The van der Waals surface area contributed by atoms with Crippen LogP contribution in [0.2, 0.25) is 0 Å². The average Bonchev–Trinajstić information content (AvgIpc) is 2.55. The van der Waals surface area contributed by atoms with Gasteiger partial charge in [-0.05, 0) is 49.6 Å². The van der Waals surface area contributed by atoms with E-state index in [1.807, 2.05) is 0 Å². The summed E-state index contributed by atoms with van der Waals surface area (Å²) < 4.78 is 0. The molecule has 2 nitrogen and oxygen atoms in total. The van der Waals surface area contributed by atoms with E-state index < -0.39 is 0 Å². The summed E-state index contributed by atoms with van der Waals surface area (Å²) in [6.07, 6.45) is 4.15. The SMILES string of the molecule is CC1CCC(N2CCCNC(C(C)(C)C)C2)C1C. The Morgan fingerprint density at radius 2 is 1.83 bits per heavy atom. The van der Waals surface area contributed by atoms with Gasteiger partial charge < -0.3 is 5.32 Å². The minimum Gasteiger partial charge on any atom is -0.312 e. The van der Waals surface area contributed by atoms with Gasteiger partial charge in [0.2, 0.25) is 0 Å². The number of nitrogens with zero attached hydrogens (tertiary/aromatic N) is 1. The highest BCUT2D eigenvalue weighted by Gasteiger charge is 2.37. The zero-order valence-electron chi connectivity index (χ0n) is 13.0. The normalized spacial score (nSPS) is 39.8. The minimum absolute atomic E-state index is 0.371. The monoisotopic (exact) mass is 252 g/mol. The molecule has 2 heteroatoms. The predicted octanol–water partition coefficient (Wildman–Crippen LogP) is 3.13. The molecule has 106 valence electrons. The number of hydrogen-bond donors (Lipinski definition) is 1. The second-order valence-electron chi connectivity index (χ2n) is 7.70.